The average Bonchev–Trinajstić information content (AvgIpc) is 2.59. The maximum absolute atomic E-state index is 3.51. The number of hydrogen-bond acceptors (Lipinski definition) is 2. The third-order valence-electron chi connectivity index (χ3n) is 4.11. The summed E-state index contributed by atoms with van der Waals surface area (Å²) in [7, 11) is 0. The molecule has 2 fully saturated rings. The first kappa shape index (κ1) is 11.4. The van der Waals surface area contributed by atoms with Crippen LogP contribution in [0.3, 0.4) is 0 Å². The summed E-state index contributed by atoms with van der Waals surface area (Å²) in [5.41, 5.74) is 0. The van der Waals surface area contributed by atoms with E-state index in [1.165, 1.54) is 64.7 Å². The van der Waals surface area contributed by atoms with Crippen molar-refractivity contribution in [1.29, 1.82) is 0 Å². The fraction of sp³-hybridized carbons (Fsp3) is 1.00. The lowest BCUT2D eigenvalue weighted by molar-refractivity contribution is 0.187. The summed E-state index contributed by atoms with van der Waals surface area (Å²) in [5, 5.41) is 3.51. The van der Waals surface area contributed by atoms with Crippen molar-refractivity contribution in [3.8, 4) is 0 Å². The van der Waals surface area contributed by atoms with Crippen molar-refractivity contribution >= 4 is 0 Å². The quantitative estimate of drug-likeness (QED) is 0.714. The van der Waals surface area contributed by atoms with Crippen LogP contribution in [-0.4, -0.2) is 37.1 Å². The summed E-state index contributed by atoms with van der Waals surface area (Å²) in [6, 6.07) is 0.880. The lowest BCUT2D eigenvalue weighted by atomic mass is 10.0. The molecule has 0 spiro atoms. The number of nitrogens with zero attached hydrogens (tertiary/aromatic N) is 1. The third-order valence-corrected chi connectivity index (χ3v) is 4.11. The SMILES string of the molecule is CC1CCCN(C2CCCNCC2)CC1. The van der Waals surface area contributed by atoms with Gasteiger partial charge in [-0.15, -0.1) is 0 Å². The van der Waals surface area contributed by atoms with E-state index in [0.717, 1.165) is 12.0 Å². The molecule has 0 saturated carbocycles. The van der Waals surface area contributed by atoms with Crippen LogP contribution in [0.1, 0.15) is 45.4 Å². The van der Waals surface area contributed by atoms with Gasteiger partial charge in [-0.1, -0.05) is 6.92 Å². The highest BCUT2D eigenvalue weighted by Gasteiger charge is 2.22. The molecule has 2 nitrogen and oxygen atoms in total. The summed E-state index contributed by atoms with van der Waals surface area (Å²) in [4.78, 5) is 2.77. The number of nitrogens with one attached hydrogen (secondary N) is 1. The van der Waals surface area contributed by atoms with Crippen LogP contribution in [0.25, 0.3) is 0 Å². The van der Waals surface area contributed by atoms with E-state index in [2.05, 4.69) is 17.1 Å². The normalized spacial score (nSPS) is 35.8. The van der Waals surface area contributed by atoms with Crippen molar-refractivity contribution in [3.63, 3.8) is 0 Å². The highest BCUT2D eigenvalue weighted by atomic mass is 15.2. The Morgan fingerprint density at radius 1 is 0.933 bits per heavy atom. The van der Waals surface area contributed by atoms with E-state index < -0.39 is 0 Å². The van der Waals surface area contributed by atoms with Gasteiger partial charge in [-0.2, -0.15) is 0 Å². The van der Waals surface area contributed by atoms with Crippen molar-refractivity contribution in [3.05, 3.63) is 0 Å². The van der Waals surface area contributed by atoms with Gasteiger partial charge in [0.2, 0.25) is 0 Å². The summed E-state index contributed by atoms with van der Waals surface area (Å²) in [5.74, 6) is 0.957. The molecule has 2 heterocycles. The van der Waals surface area contributed by atoms with Gasteiger partial charge in [-0.05, 0) is 70.6 Å². The Bertz CT molecular complexity index is 173. The van der Waals surface area contributed by atoms with E-state index in [1.807, 2.05) is 0 Å². The Hall–Kier alpha value is -0.0800. The number of rotatable bonds is 1. The number of likely N-dealkylation sites (tertiary alicyclic amines) is 1. The topological polar surface area (TPSA) is 15.3 Å². The molecule has 0 aromatic carbocycles. The van der Waals surface area contributed by atoms with E-state index in [4.69, 9.17) is 0 Å². The summed E-state index contributed by atoms with van der Waals surface area (Å²) in [6.45, 7) is 7.59. The van der Waals surface area contributed by atoms with Crippen molar-refractivity contribution in [1.82, 2.24) is 10.2 Å². The zero-order valence-electron chi connectivity index (χ0n) is 10.2. The van der Waals surface area contributed by atoms with Gasteiger partial charge in [-0.25, -0.2) is 0 Å². The van der Waals surface area contributed by atoms with Gasteiger partial charge in [0, 0.05) is 6.04 Å². The molecular formula is C13H26N2. The van der Waals surface area contributed by atoms with Crippen molar-refractivity contribution in [2.75, 3.05) is 26.2 Å². The molecule has 2 aliphatic rings. The van der Waals surface area contributed by atoms with Crippen LogP contribution < -0.4 is 5.32 Å². The highest BCUT2D eigenvalue weighted by molar-refractivity contribution is 4.78. The molecule has 15 heavy (non-hydrogen) atoms. The second-order valence-corrected chi connectivity index (χ2v) is 5.41. The maximum Gasteiger partial charge on any atom is 0.0108 e. The highest BCUT2D eigenvalue weighted by Crippen LogP contribution is 2.21. The molecule has 88 valence electrons. The Morgan fingerprint density at radius 3 is 2.80 bits per heavy atom. The van der Waals surface area contributed by atoms with Gasteiger partial charge in [0.25, 0.3) is 0 Å². The van der Waals surface area contributed by atoms with E-state index in [0.29, 0.717) is 0 Å². The molecule has 2 heteroatoms. The summed E-state index contributed by atoms with van der Waals surface area (Å²) in [6.07, 6.45) is 8.45. The molecule has 0 bridgehead atoms. The molecular weight excluding hydrogens is 184 g/mol. The standard InChI is InChI=1S/C13H26N2/c1-12-4-3-10-15(11-7-12)13-5-2-8-14-9-6-13/h12-14H,2-11H2,1H3. The van der Waals surface area contributed by atoms with Crippen LogP contribution >= 0.6 is 0 Å². The summed E-state index contributed by atoms with van der Waals surface area (Å²) < 4.78 is 0. The first-order chi connectivity index (χ1) is 7.36. The minimum absolute atomic E-state index is 0.880. The van der Waals surface area contributed by atoms with Gasteiger partial charge >= 0.3 is 0 Å². The summed E-state index contributed by atoms with van der Waals surface area (Å²) >= 11 is 0. The predicted molar refractivity (Wildman–Crippen MR) is 65.1 cm³/mol. The largest absolute Gasteiger partial charge is 0.317 e. The second kappa shape index (κ2) is 5.86. The first-order valence-corrected chi connectivity index (χ1v) is 6.81. The van der Waals surface area contributed by atoms with Gasteiger partial charge in [-0.3, -0.25) is 0 Å². The molecule has 2 saturated heterocycles. The van der Waals surface area contributed by atoms with Crippen LogP contribution in [0.2, 0.25) is 0 Å². The van der Waals surface area contributed by atoms with Crippen LogP contribution in [0.15, 0.2) is 0 Å². The van der Waals surface area contributed by atoms with E-state index >= 15 is 0 Å². The fourth-order valence-corrected chi connectivity index (χ4v) is 3.02. The second-order valence-electron chi connectivity index (χ2n) is 5.41. The molecule has 1 N–H and O–H groups in total. The van der Waals surface area contributed by atoms with Crippen LogP contribution in [0.4, 0.5) is 0 Å². The molecule has 0 amide bonds. The van der Waals surface area contributed by atoms with Gasteiger partial charge in [0.15, 0.2) is 0 Å². The molecule has 0 aromatic rings. The molecule has 2 rings (SSSR count). The Morgan fingerprint density at radius 2 is 1.87 bits per heavy atom. The van der Waals surface area contributed by atoms with Gasteiger partial charge < -0.3 is 10.2 Å². The van der Waals surface area contributed by atoms with E-state index in [9.17, 15) is 0 Å². The number of hydrogen-bond donors (Lipinski definition) is 1. The van der Waals surface area contributed by atoms with E-state index in [1.54, 1.807) is 0 Å². The van der Waals surface area contributed by atoms with Crippen molar-refractivity contribution < 1.29 is 0 Å². The lowest BCUT2D eigenvalue weighted by Gasteiger charge is -2.29. The zero-order chi connectivity index (χ0) is 10.5. The Labute approximate surface area is 94.4 Å². The molecule has 0 aliphatic carbocycles. The molecule has 2 aliphatic heterocycles. The molecule has 0 radical (unpaired) electrons. The minimum Gasteiger partial charge on any atom is -0.317 e. The Kier molecular flexibility index (Phi) is 4.45. The Balaban J connectivity index is 1.84. The predicted octanol–water partition coefficient (Wildman–Crippen LogP) is 2.25. The smallest absolute Gasteiger partial charge is 0.0108 e. The third kappa shape index (κ3) is 3.46. The van der Waals surface area contributed by atoms with Crippen LogP contribution in [0.5, 0.6) is 0 Å². The van der Waals surface area contributed by atoms with Crippen molar-refractivity contribution in [2.24, 2.45) is 5.92 Å². The first-order valence-electron chi connectivity index (χ1n) is 6.81. The monoisotopic (exact) mass is 210 g/mol. The molecule has 2 unspecified atom stereocenters. The molecule has 0 aromatic heterocycles. The fourth-order valence-electron chi connectivity index (χ4n) is 3.02. The van der Waals surface area contributed by atoms with Crippen molar-refractivity contribution in [2.45, 2.75) is 51.5 Å². The zero-order valence-corrected chi connectivity index (χ0v) is 10.2. The van der Waals surface area contributed by atoms with Crippen LogP contribution in [-0.2, 0) is 0 Å². The maximum atomic E-state index is 3.51. The van der Waals surface area contributed by atoms with Gasteiger partial charge in [0.05, 0.1) is 0 Å². The lowest BCUT2D eigenvalue weighted by Crippen LogP contribution is -2.36. The minimum atomic E-state index is 0.880. The van der Waals surface area contributed by atoms with E-state index in [-0.39, 0.29) is 0 Å². The average molecular weight is 210 g/mol. The van der Waals surface area contributed by atoms with Crippen LogP contribution in [0, 0.1) is 5.92 Å². The molecule has 2 atom stereocenters. The van der Waals surface area contributed by atoms with Gasteiger partial charge in [0.1, 0.15) is 0 Å².